The highest BCUT2D eigenvalue weighted by atomic mass is 31.2. The molecule has 32 heavy (non-hydrogen) atoms. The van der Waals surface area contributed by atoms with Gasteiger partial charge in [-0.2, -0.15) is 0 Å². The molecule has 1 amide bonds. The normalized spacial score (nSPS) is 16.0. The lowest BCUT2D eigenvalue weighted by Crippen LogP contribution is -2.46. The number of hydrogen-bond acceptors (Lipinski definition) is 4. The van der Waals surface area contributed by atoms with Crippen LogP contribution in [0.25, 0.3) is 0 Å². The van der Waals surface area contributed by atoms with Crippen molar-refractivity contribution >= 4 is 19.2 Å². The molecule has 4 atom stereocenters. The van der Waals surface area contributed by atoms with Crippen molar-refractivity contribution in [1.29, 1.82) is 0 Å². The van der Waals surface area contributed by atoms with Crippen molar-refractivity contribution in [2.24, 2.45) is 17.6 Å². The molecule has 174 valence electrons. The van der Waals surface area contributed by atoms with Crippen molar-refractivity contribution in [1.82, 2.24) is 5.32 Å². The van der Waals surface area contributed by atoms with Gasteiger partial charge < -0.3 is 21.1 Å². The Labute approximate surface area is 189 Å². The molecule has 0 fully saturated rings. The highest BCUT2D eigenvalue weighted by Gasteiger charge is 2.35. The second-order valence-corrected chi connectivity index (χ2v) is 11.2. The Morgan fingerprint density at radius 1 is 0.969 bits per heavy atom. The molecule has 7 nitrogen and oxygen atoms in total. The minimum atomic E-state index is -3.92. The summed E-state index contributed by atoms with van der Waals surface area (Å²) < 4.78 is 13.2. The zero-order valence-corrected chi connectivity index (χ0v) is 19.4. The molecule has 2 rings (SSSR count). The van der Waals surface area contributed by atoms with Crippen LogP contribution in [0.5, 0.6) is 0 Å². The molecule has 0 radical (unpaired) electrons. The van der Waals surface area contributed by atoms with Gasteiger partial charge in [-0.1, -0.05) is 74.5 Å². The first kappa shape index (κ1) is 25.8. The van der Waals surface area contributed by atoms with Crippen molar-refractivity contribution in [2.45, 2.75) is 44.9 Å². The smallest absolute Gasteiger partial charge is 0.326 e. The van der Waals surface area contributed by atoms with Gasteiger partial charge in [-0.15, -0.1) is 0 Å². The third-order valence-electron chi connectivity index (χ3n) is 5.31. The standard InChI is InChI=1S/C24H33N2O5P/c1-17(2)13-21(24(28)29)26-23(27)20(14-18-9-5-3-6-10-18)16-32(30,31)22(25)15-19-11-7-4-8-12-19/h3-12,17,20-22H,13-16,25H2,1-2H3,(H,26,27)(H,28,29)(H,30,31)/t20-,21+,22?/m1/s1. The second kappa shape index (κ2) is 12.0. The number of rotatable bonds is 12. The average molecular weight is 461 g/mol. The van der Waals surface area contributed by atoms with E-state index >= 15 is 0 Å². The van der Waals surface area contributed by atoms with Gasteiger partial charge in [0.25, 0.3) is 0 Å². The molecule has 8 heteroatoms. The number of benzene rings is 2. The molecule has 0 aliphatic heterocycles. The predicted octanol–water partition coefficient (Wildman–Crippen LogP) is 3.26. The molecule has 2 aromatic carbocycles. The van der Waals surface area contributed by atoms with Crippen molar-refractivity contribution in [3.8, 4) is 0 Å². The van der Waals surface area contributed by atoms with Crippen LogP contribution in [-0.4, -0.2) is 39.9 Å². The highest BCUT2D eigenvalue weighted by molar-refractivity contribution is 7.58. The Bertz CT molecular complexity index is 921. The SMILES string of the molecule is CC(C)C[C@H](NC(=O)[C@H](Cc1ccccc1)CP(=O)(O)C(N)Cc1ccccc1)C(=O)O. The summed E-state index contributed by atoms with van der Waals surface area (Å²) in [7, 11) is -3.92. The minimum absolute atomic E-state index is 0.0622. The fourth-order valence-electron chi connectivity index (χ4n) is 3.57. The van der Waals surface area contributed by atoms with Crippen LogP contribution in [0, 0.1) is 11.8 Å². The molecular weight excluding hydrogens is 427 g/mol. The maximum Gasteiger partial charge on any atom is 0.326 e. The predicted molar refractivity (Wildman–Crippen MR) is 125 cm³/mol. The number of aliphatic carboxylic acids is 1. The number of carbonyl (C=O) groups is 2. The van der Waals surface area contributed by atoms with E-state index in [4.69, 9.17) is 5.73 Å². The molecule has 0 aromatic heterocycles. The van der Waals surface area contributed by atoms with Crippen LogP contribution >= 0.6 is 7.37 Å². The Kier molecular flexibility index (Phi) is 9.63. The van der Waals surface area contributed by atoms with Gasteiger partial charge in [-0.05, 0) is 36.3 Å². The first-order chi connectivity index (χ1) is 15.1. The van der Waals surface area contributed by atoms with Crippen molar-refractivity contribution in [2.75, 3.05) is 6.16 Å². The number of amides is 1. The number of nitrogens with one attached hydrogen (secondary N) is 1. The van der Waals surface area contributed by atoms with E-state index in [1.54, 1.807) is 0 Å². The molecular formula is C24H33N2O5P. The molecule has 2 unspecified atom stereocenters. The number of carboxylic acids is 1. The molecule has 2 aromatic rings. The Morgan fingerprint density at radius 2 is 1.47 bits per heavy atom. The maximum atomic E-state index is 13.2. The third-order valence-corrected chi connectivity index (χ3v) is 7.49. The number of nitrogens with two attached hydrogens (primary N) is 1. The molecule has 0 saturated carbocycles. The Hall–Kier alpha value is -2.47. The van der Waals surface area contributed by atoms with Crippen molar-refractivity contribution in [3.63, 3.8) is 0 Å². The highest BCUT2D eigenvalue weighted by Crippen LogP contribution is 2.47. The summed E-state index contributed by atoms with van der Waals surface area (Å²) in [6.45, 7) is 3.74. The second-order valence-electron chi connectivity index (χ2n) is 8.61. The Balaban J connectivity index is 2.20. The van der Waals surface area contributed by atoms with Gasteiger partial charge in [0.1, 0.15) is 6.04 Å². The summed E-state index contributed by atoms with van der Waals surface area (Å²) in [4.78, 5) is 35.4. The Morgan fingerprint density at radius 3 is 1.94 bits per heavy atom. The van der Waals surface area contributed by atoms with Crippen LogP contribution in [0.1, 0.15) is 31.4 Å². The van der Waals surface area contributed by atoms with E-state index in [2.05, 4.69) is 5.32 Å². The van der Waals surface area contributed by atoms with Crippen molar-refractivity contribution in [3.05, 3.63) is 71.8 Å². The van der Waals surface area contributed by atoms with E-state index in [1.165, 1.54) is 0 Å². The molecule has 5 N–H and O–H groups in total. The summed E-state index contributed by atoms with van der Waals surface area (Å²) in [5, 5.41) is 12.1. The van der Waals surface area contributed by atoms with Gasteiger partial charge in [-0.3, -0.25) is 9.36 Å². The van der Waals surface area contributed by atoms with E-state index in [9.17, 15) is 24.2 Å². The van der Waals surface area contributed by atoms with Crippen LogP contribution < -0.4 is 11.1 Å². The molecule has 0 spiro atoms. The summed E-state index contributed by atoms with van der Waals surface area (Å²) in [5.41, 5.74) is 7.76. The molecule has 0 saturated heterocycles. The lowest BCUT2D eigenvalue weighted by Gasteiger charge is -2.26. The van der Waals surface area contributed by atoms with E-state index < -0.39 is 37.0 Å². The molecule has 0 aliphatic carbocycles. The first-order valence-corrected chi connectivity index (χ1v) is 12.7. The lowest BCUT2D eigenvalue weighted by atomic mass is 9.98. The lowest BCUT2D eigenvalue weighted by molar-refractivity contribution is -0.142. The van der Waals surface area contributed by atoms with Crippen LogP contribution in [0.3, 0.4) is 0 Å². The average Bonchev–Trinajstić information content (AvgIpc) is 2.73. The van der Waals surface area contributed by atoms with Crippen molar-refractivity contribution < 1.29 is 24.2 Å². The summed E-state index contributed by atoms with van der Waals surface area (Å²) >= 11 is 0. The maximum absolute atomic E-state index is 13.2. The number of hydrogen-bond donors (Lipinski definition) is 4. The molecule has 0 heterocycles. The van der Waals surface area contributed by atoms with Crippen LogP contribution in [0.4, 0.5) is 0 Å². The third kappa shape index (κ3) is 8.23. The minimum Gasteiger partial charge on any atom is -0.480 e. The molecule has 0 bridgehead atoms. The fourth-order valence-corrected chi connectivity index (χ4v) is 5.26. The van der Waals surface area contributed by atoms with Gasteiger partial charge in [-0.25, -0.2) is 4.79 Å². The summed E-state index contributed by atoms with van der Waals surface area (Å²) in [6, 6.07) is 17.3. The topological polar surface area (TPSA) is 130 Å². The summed E-state index contributed by atoms with van der Waals surface area (Å²) in [6.07, 6.45) is 0.363. The monoisotopic (exact) mass is 460 g/mol. The van der Waals surface area contributed by atoms with Gasteiger partial charge in [0.2, 0.25) is 13.3 Å². The van der Waals surface area contributed by atoms with Gasteiger partial charge in [0.05, 0.1) is 11.7 Å². The van der Waals surface area contributed by atoms with Crippen LogP contribution in [0.15, 0.2) is 60.7 Å². The van der Waals surface area contributed by atoms with E-state index in [0.717, 1.165) is 11.1 Å². The fraction of sp³-hybridized carbons (Fsp3) is 0.417. The van der Waals surface area contributed by atoms with Gasteiger partial charge in [0, 0.05) is 6.16 Å². The number of carbonyl (C=O) groups excluding carboxylic acids is 1. The van der Waals surface area contributed by atoms with Gasteiger partial charge in [0.15, 0.2) is 0 Å². The van der Waals surface area contributed by atoms with Crippen LogP contribution in [-0.2, 0) is 27.0 Å². The quantitative estimate of drug-likeness (QED) is 0.360. The van der Waals surface area contributed by atoms with Gasteiger partial charge >= 0.3 is 5.97 Å². The summed E-state index contributed by atoms with van der Waals surface area (Å²) in [5.74, 6) is -3.53. The zero-order valence-electron chi connectivity index (χ0n) is 18.6. The van der Waals surface area contributed by atoms with E-state index in [1.807, 2.05) is 74.5 Å². The van der Waals surface area contributed by atoms with E-state index in [0.29, 0.717) is 0 Å². The number of carboxylic acid groups (broad SMARTS) is 1. The van der Waals surface area contributed by atoms with Crippen LogP contribution in [0.2, 0.25) is 0 Å². The first-order valence-electron chi connectivity index (χ1n) is 10.8. The molecule has 0 aliphatic rings. The zero-order chi connectivity index (χ0) is 23.7. The largest absolute Gasteiger partial charge is 0.480 e. The van der Waals surface area contributed by atoms with E-state index in [-0.39, 0.29) is 31.3 Å².